The van der Waals surface area contributed by atoms with E-state index in [0.717, 1.165) is 11.3 Å². The summed E-state index contributed by atoms with van der Waals surface area (Å²) in [5, 5.41) is 3.44. The molecule has 2 aromatic rings. The first-order valence-electron chi connectivity index (χ1n) is 6.80. The Hall–Kier alpha value is -2.00. The van der Waals surface area contributed by atoms with E-state index in [1.807, 2.05) is 50.2 Å². The van der Waals surface area contributed by atoms with Gasteiger partial charge in [-0.25, -0.2) is 0 Å². The lowest BCUT2D eigenvalue weighted by Gasteiger charge is -2.08. The molecule has 0 atom stereocenters. The number of nitrogens with one attached hydrogen (secondary N) is 1. The first kappa shape index (κ1) is 15.4. The van der Waals surface area contributed by atoms with Crippen molar-refractivity contribution in [2.75, 3.05) is 11.9 Å². The highest BCUT2D eigenvalue weighted by Gasteiger charge is 2.04. The lowest BCUT2D eigenvalue weighted by molar-refractivity contribution is -0.116. The van der Waals surface area contributed by atoms with Crippen molar-refractivity contribution in [2.24, 2.45) is 0 Å². The molecule has 3 nitrogen and oxygen atoms in total. The molecule has 1 N–H and O–H groups in total. The number of rotatable bonds is 5. The van der Waals surface area contributed by atoms with Crippen LogP contribution in [0.25, 0.3) is 0 Å². The first-order chi connectivity index (χ1) is 10.0. The summed E-state index contributed by atoms with van der Waals surface area (Å²) in [6.07, 6.45) is 0.291. The number of benzene rings is 2. The van der Waals surface area contributed by atoms with Gasteiger partial charge in [-0.05, 0) is 43.7 Å². The molecule has 21 heavy (non-hydrogen) atoms. The van der Waals surface area contributed by atoms with Gasteiger partial charge in [0.2, 0.25) is 5.91 Å². The largest absolute Gasteiger partial charge is 0.493 e. The molecule has 0 saturated heterocycles. The molecule has 0 fully saturated rings. The Balaban J connectivity index is 1.79. The fourth-order valence-electron chi connectivity index (χ4n) is 1.79. The maximum absolute atomic E-state index is 11.8. The minimum Gasteiger partial charge on any atom is -0.493 e. The number of carbonyl (C=O) groups is 1. The van der Waals surface area contributed by atoms with E-state index in [-0.39, 0.29) is 5.91 Å². The Morgan fingerprint density at radius 1 is 1.14 bits per heavy atom. The fourth-order valence-corrected chi connectivity index (χ4v) is 1.97. The highest BCUT2D eigenvalue weighted by atomic mass is 35.5. The summed E-state index contributed by atoms with van der Waals surface area (Å²) in [5.74, 6) is 0.675. The molecule has 0 saturated carbocycles. The summed E-state index contributed by atoms with van der Waals surface area (Å²) in [5.41, 5.74) is 2.86. The third kappa shape index (κ3) is 4.80. The summed E-state index contributed by atoms with van der Waals surface area (Å²) >= 11 is 6.02. The van der Waals surface area contributed by atoms with Crippen molar-refractivity contribution in [3.8, 4) is 5.75 Å². The number of aryl methyl sites for hydroxylation is 2. The molecule has 110 valence electrons. The van der Waals surface area contributed by atoms with Crippen molar-refractivity contribution in [1.82, 2.24) is 0 Å². The Bertz CT molecular complexity index is 623. The van der Waals surface area contributed by atoms with Crippen LogP contribution in [-0.4, -0.2) is 12.5 Å². The van der Waals surface area contributed by atoms with E-state index in [9.17, 15) is 4.79 Å². The summed E-state index contributed by atoms with van der Waals surface area (Å²) in [4.78, 5) is 11.8. The number of anilines is 1. The van der Waals surface area contributed by atoms with E-state index in [2.05, 4.69) is 5.32 Å². The fraction of sp³-hybridized carbons (Fsp3) is 0.235. The highest BCUT2D eigenvalue weighted by molar-refractivity contribution is 6.31. The van der Waals surface area contributed by atoms with Crippen LogP contribution in [0.4, 0.5) is 5.69 Å². The zero-order valence-electron chi connectivity index (χ0n) is 12.2. The quantitative estimate of drug-likeness (QED) is 0.891. The number of amides is 1. The van der Waals surface area contributed by atoms with E-state index in [1.54, 1.807) is 6.07 Å². The standard InChI is InChI=1S/C17H18ClNO2/c1-12-3-7-15(8-4-12)21-10-9-17(20)19-14-6-5-13(2)16(18)11-14/h3-8,11H,9-10H2,1-2H3,(H,19,20). The highest BCUT2D eigenvalue weighted by Crippen LogP contribution is 2.20. The Morgan fingerprint density at radius 2 is 1.86 bits per heavy atom. The van der Waals surface area contributed by atoms with Gasteiger partial charge in [-0.15, -0.1) is 0 Å². The average Bonchev–Trinajstić information content (AvgIpc) is 2.45. The monoisotopic (exact) mass is 303 g/mol. The summed E-state index contributed by atoms with van der Waals surface area (Å²) < 4.78 is 5.53. The second-order valence-corrected chi connectivity index (χ2v) is 5.33. The van der Waals surface area contributed by atoms with Crippen LogP contribution in [0.2, 0.25) is 5.02 Å². The van der Waals surface area contributed by atoms with Gasteiger partial charge in [-0.2, -0.15) is 0 Å². The minimum atomic E-state index is -0.0953. The Labute approximate surface area is 129 Å². The predicted octanol–water partition coefficient (Wildman–Crippen LogP) is 4.36. The van der Waals surface area contributed by atoms with Crippen LogP contribution in [-0.2, 0) is 4.79 Å². The topological polar surface area (TPSA) is 38.3 Å². The molecule has 0 spiro atoms. The van der Waals surface area contributed by atoms with E-state index in [1.165, 1.54) is 5.56 Å². The van der Waals surface area contributed by atoms with Gasteiger partial charge < -0.3 is 10.1 Å². The summed E-state index contributed by atoms with van der Waals surface area (Å²) in [6.45, 7) is 4.28. The van der Waals surface area contributed by atoms with Crippen molar-refractivity contribution >= 4 is 23.2 Å². The van der Waals surface area contributed by atoms with Crippen molar-refractivity contribution < 1.29 is 9.53 Å². The molecular formula is C17H18ClNO2. The van der Waals surface area contributed by atoms with Crippen molar-refractivity contribution in [3.05, 3.63) is 58.6 Å². The molecule has 4 heteroatoms. The van der Waals surface area contributed by atoms with E-state index in [0.29, 0.717) is 23.7 Å². The van der Waals surface area contributed by atoms with Crippen LogP contribution in [0.3, 0.4) is 0 Å². The molecule has 1 amide bonds. The van der Waals surface area contributed by atoms with Crippen molar-refractivity contribution in [2.45, 2.75) is 20.3 Å². The van der Waals surface area contributed by atoms with Crippen LogP contribution >= 0.6 is 11.6 Å². The average molecular weight is 304 g/mol. The molecule has 0 bridgehead atoms. The predicted molar refractivity (Wildman–Crippen MR) is 86.1 cm³/mol. The smallest absolute Gasteiger partial charge is 0.227 e. The molecular weight excluding hydrogens is 286 g/mol. The number of carbonyl (C=O) groups excluding carboxylic acids is 1. The van der Waals surface area contributed by atoms with Crippen LogP contribution < -0.4 is 10.1 Å². The number of ether oxygens (including phenoxy) is 1. The summed E-state index contributed by atoms with van der Waals surface area (Å²) in [7, 11) is 0. The number of hydrogen-bond acceptors (Lipinski definition) is 2. The molecule has 2 aromatic carbocycles. The van der Waals surface area contributed by atoms with Gasteiger partial charge in [0.15, 0.2) is 0 Å². The SMILES string of the molecule is Cc1ccc(OCCC(=O)Nc2ccc(C)c(Cl)c2)cc1. The number of halogens is 1. The molecule has 0 aliphatic rings. The lowest BCUT2D eigenvalue weighted by atomic mass is 10.2. The molecule has 0 heterocycles. The molecule has 2 rings (SSSR count). The van der Waals surface area contributed by atoms with Crippen molar-refractivity contribution in [1.29, 1.82) is 0 Å². The van der Waals surface area contributed by atoms with Crippen LogP contribution in [0, 0.1) is 13.8 Å². The molecule has 0 aromatic heterocycles. The lowest BCUT2D eigenvalue weighted by Crippen LogP contribution is -2.15. The molecule has 0 radical (unpaired) electrons. The zero-order chi connectivity index (χ0) is 15.2. The van der Waals surface area contributed by atoms with E-state index >= 15 is 0 Å². The van der Waals surface area contributed by atoms with Gasteiger partial charge in [0.1, 0.15) is 5.75 Å². The van der Waals surface area contributed by atoms with Gasteiger partial charge in [0.25, 0.3) is 0 Å². The third-order valence-corrected chi connectivity index (χ3v) is 3.48. The van der Waals surface area contributed by atoms with E-state index < -0.39 is 0 Å². The normalized spacial score (nSPS) is 10.2. The van der Waals surface area contributed by atoms with Gasteiger partial charge in [-0.1, -0.05) is 35.4 Å². The molecule has 0 aliphatic heterocycles. The molecule has 0 aliphatic carbocycles. The second kappa shape index (κ2) is 7.14. The summed E-state index contributed by atoms with van der Waals surface area (Å²) in [6, 6.07) is 13.2. The van der Waals surface area contributed by atoms with E-state index in [4.69, 9.17) is 16.3 Å². The van der Waals surface area contributed by atoms with Gasteiger partial charge >= 0.3 is 0 Å². The molecule has 0 unspecified atom stereocenters. The van der Waals surface area contributed by atoms with Crippen LogP contribution in [0.1, 0.15) is 17.5 Å². The second-order valence-electron chi connectivity index (χ2n) is 4.92. The number of hydrogen-bond donors (Lipinski definition) is 1. The Morgan fingerprint density at radius 3 is 2.52 bits per heavy atom. The Kier molecular flexibility index (Phi) is 5.23. The minimum absolute atomic E-state index is 0.0953. The van der Waals surface area contributed by atoms with Crippen LogP contribution in [0.15, 0.2) is 42.5 Å². The van der Waals surface area contributed by atoms with Gasteiger partial charge in [0, 0.05) is 10.7 Å². The van der Waals surface area contributed by atoms with Gasteiger partial charge in [-0.3, -0.25) is 4.79 Å². The third-order valence-electron chi connectivity index (χ3n) is 3.07. The van der Waals surface area contributed by atoms with Gasteiger partial charge in [0.05, 0.1) is 13.0 Å². The maximum Gasteiger partial charge on any atom is 0.227 e. The van der Waals surface area contributed by atoms with Crippen molar-refractivity contribution in [3.63, 3.8) is 0 Å². The maximum atomic E-state index is 11.8. The zero-order valence-corrected chi connectivity index (χ0v) is 12.9. The van der Waals surface area contributed by atoms with Crippen LogP contribution in [0.5, 0.6) is 5.75 Å². The first-order valence-corrected chi connectivity index (χ1v) is 7.18.